The molecule has 3 N–H and O–H groups in total. The van der Waals surface area contributed by atoms with E-state index in [-0.39, 0.29) is 24.4 Å². The molecule has 1 aliphatic heterocycles. The smallest absolute Gasteiger partial charge is 0.243 e. The van der Waals surface area contributed by atoms with Crippen molar-refractivity contribution in [2.24, 2.45) is 5.73 Å². The van der Waals surface area contributed by atoms with Gasteiger partial charge in [0.25, 0.3) is 0 Å². The minimum Gasteiger partial charge on any atom is -0.352 e. The number of benzene rings is 1. The predicted octanol–water partition coefficient (Wildman–Crippen LogP) is 2.20. The molecule has 2 rings (SSSR count). The third-order valence-corrected chi connectivity index (χ3v) is 6.65. The standard InChI is InChI=1S/C18H29N3O3S.ClH/c1-4-11-18(3,19)17(22)20-15-9-12-21(13-10-15)25(23,24)16-7-5-14(2)6-8-16;/h5-8,15H,4,9-13,19H2,1-3H3,(H,20,22);1H. The number of nitrogens with zero attached hydrogens (tertiary/aromatic N) is 1. The first-order valence-corrected chi connectivity index (χ1v) is 10.3. The molecule has 8 heteroatoms. The summed E-state index contributed by atoms with van der Waals surface area (Å²) in [7, 11) is -3.47. The number of nitrogens with two attached hydrogens (primary N) is 1. The second-order valence-corrected chi connectivity index (χ2v) is 9.07. The van der Waals surface area contributed by atoms with Crippen molar-refractivity contribution in [3.63, 3.8) is 0 Å². The van der Waals surface area contributed by atoms with Gasteiger partial charge in [0.1, 0.15) is 0 Å². The van der Waals surface area contributed by atoms with Gasteiger partial charge in [-0.15, -0.1) is 12.4 Å². The van der Waals surface area contributed by atoms with Gasteiger partial charge >= 0.3 is 0 Å². The topological polar surface area (TPSA) is 92.5 Å². The first-order chi connectivity index (χ1) is 11.7. The van der Waals surface area contributed by atoms with Crippen LogP contribution in [0.1, 0.15) is 45.1 Å². The zero-order chi connectivity index (χ0) is 18.7. The number of carbonyl (C=O) groups excluding carboxylic acids is 1. The first-order valence-electron chi connectivity index (χ1n) is 8.83. The Bertz CT molecular complexity index is 697. The molecule has 0 bridgehead atoms. The highest BCUT2D eigenvalue weighted by molar-refractivity contribution is 7.89. The Balaban J connectivity index is 0.00000338. The van der Waals surface area contributed by atoms with Crippen LogP contribution in [0.5, 0.6) is 0 Å². The summed E-state index contributed by atoms with van der Waals surface area (Å²) in [5, 5.41) is 2.98. The molecular weight excluding hydrogens is 374 g/mol. The number of rotatable bonds is 6. The highest BCUT2D eigenvalue weighted by Crippen LogP contribution is 2.21. The molecule has 0 saturated carbocycles. The minimum atomic E-state index is -3.47. The van der Waals surface area contributed by atoms with Crippen LogP contribution >= 0.6 is 12.4 Å². The molecule has 1 saturated heterocycles. The molecule has 148 valence electrons. The lowest BCUT2D eigenvalue weighted by molar-refractivity contribution is -0.127. The van der Waals surface area contributed by atoms with Gasteiger partial charge in [-0.05, 0) is 45.2 Å². The van der Waals surface area contributed by atoms with Crippen LogP contribution in [0.25, 0.3) is 0 Å². The zero-order valence-electron chi connectivity index (χ0n) is 15.7. The molecule has 1 aliphatic rings. The number of aryl methyl sites for hydroxylation is 1. The largest absolute Gasteiger partial charge is 0.352 e. The lowest BCUT2D eigenvalue weighted by Crippen LogP contribution is -2.56. The molecule has 1 heterocycles. The van der Waals surface area contributed by atoms with Crippen LogP contribution in [-0.2, 0) is 14.8 Å². The van der Waals surface area contributed by atoms with E-state index in [1.807, 2.05) is 13.8 Å². The molecular formula is C18H30ClN3O3S. The van der Waals surface area contributed by atoms with Crippen LogP contribution in [0, 0.1) is 6.92 Å². The number of hydrogen-bond acceptors (Lipinski definition) is 4. The Kier molecular flexibility index (Phi) is 8.07. The zero-order valence-corrected chi connectivity index (χ0v) is 17.3. The Hall–Kier alpha value is -1.15. The number of hydrogen-bond donors (Lipinski definition) is 2. The van der Waals surface area contributed by atoms with Gasteiger partial charge in [-0.2, -0.15) is 4.31 Å². The molecule has 0 aromatic heterocycles. The summed E-state index contributed by atoms with van der Waals surface area (Å²) < 4.78 is 26.9. The number of sulfonamides is 1. The van der Waals surface area contributed by atoms with E-state index in [9.17, 15) is 13.2 Å². The monoisotopic (exact) mass is 403 g/mol. The maximum Gasteiger partial charge on any atom is 0.243 e. The van der Waals surface area contributed by atoms with E-state index >= 15 is 0 Å². The number of nitrogens with one attached hydrogen (secondary N) is 1. The molecule has 0 aliphatic carbocycles. The summed E-state index contributed by atoms with van der Waals surface area (Å²) >= 11 is 0. The molecule has 1 aromatic carbocycles. The lowest BCUT2D eigenvalue weighted by atomic mass is 9.95. The Morgan fingerprint density at radius 1 is 1.27 bits per heavy atom. The molecule has 1 fully saturated rings. The Morgan fingerprint density at radius 2 is 1.81 bits per heavy atom. The second-order valence-electron chi connectivity index (χ2n) is 7.13. The van der Waals surface area contributed by atoms with Crippen LogP contribution in [-0.4, -0.2) is 43.3 Å². The highest BCUT2D eigenvalue weighted by Gasteiger charge is 2.33. The van der Waals surface area contributed by atoms with Gasteiger partial charge in [0.05, 0.1) is 10.4 Å². The second kappa shape index (κ2) is 9.17. The third-order valence-electron chi connectivity index (χ3n) is 4.74. The minimum absolute atomic E-state index is 0. The Labute approximate surface area is 163 Å². The fraction of sp³-hybridized carbons (Fsp3) is 0.611. The van der Waals surface area contributed by atoms with Crippen molar-refractivity contribution in [2.45, 2.75) is 62.9 Å². The van der Waals surface area contributed by atoms with Crippen LogP contribution < -0.4 is 11.1 Å². The molecule has 0 spiro atoms. The van der Waals surface area contributed by atoms with E-state index in [0.717, 1.165) is 12.0 Å². The summed E-state index contributed by atoms with van der Waals surface area (Å²) in [5.74, 6) is -0.158. The molecule has 1 amide bonds. The van der Waals surface area contributed by atoms with Crippen molar-refractivity contribution < 1.29 is 13.2 Å². The van der Waals surface area contributed by atoms with Crippen molar-refractivity contribution >= 4 is 28.3 Å². The van der Waals surface area contributed by atoms with Crippen LogP contribution in [0.4, 0.5) is 0 Å². The maximum absolute atomic E-state index is 12.7. The number of halogens is 1. The molecule has 0 radical (unpaired) electrons. The summed E-state index contributed by atoms with van der Waals surface area (Å²) in [5.41, 5.74) is 6.20. The van der Waals surface area contributed by atoms with E-state index in [0.29, 0.717) is 37.2 Å². The van der Waals surface area contributed by atoms with Crippen molar-refractivity contribution in [3.8, 4) is 0 Å². The first kappa shape index (κ1) is 22.9. The van der Waals surface area contributed by atoms with Gasteiger partial charge in [-0.3, -0.25) is 4.79 Å². The average molecular weight is 404 g/mol. The number of amides is 1. The van der Waals surface area contributed by atoms with Gasteiger partial charge in [0.15, 0.2) is 0 Å². The lowest BCUT2D eigenvalue weighted by Gasteiger charge is -2.33. The van der Waals surface area contributed by atoms with E-state index in [1.165, 1.54) is 4.31 Å². The van der Waals surface area contributed by atoms with E-state index in [2.05, 4.69) is 5.32 Å². The molecule has 6 nitrogen and oxygen atoms in total. The maximum atomic E-state index is 12.7. The van der Waals surface area contributed by atoms with Crippen LogP contribution in [0.2, 0.25) is 0 Å². The number of piperidine rings is 1. The van der Waals surface area contributed by atoms with E-state index in [1.54, 1.807) is 31.2 Å². The summed E-state index contributed by atoms with van der Waals surface area (Å²) in [4.78, 5) is 12.6. The van der Waals surface area contributed by atoms with Crippen LogP contribution in [0.15, 0.2) is 29.2 Å². The van der Waals surface area contributed by atoms with E-state index < -0.39 is 15.6 Å². The molecule has 1 aromatic rings. The van der Waals surface area contributed by atoms with Gasteiger partial charge in [-0.25, -0.2) is 8.42 Å². The van der Waals surface area contributed by atoms with Crippen molar-refractivity contribution in [1.29, 1.82) is 0 Å². The van der Waals surface area contributed by atoms with Crippen molar-refractivity contribution in [1.82, 2.24) is 9.62 Å². The number of carbonyl (C=O) groups is 1. The van der Waals surface area contributed by atoms with Gasteiger partial charge in [0, 0.05) is 19.1 Å². The fourth-order valence-corrected chi connectivity index (χ4v) is 4.55. The normalized spacial score (nSPS) is 18.6. The van der Waals surface area contributed by atoms with Gasteiger partial charge in [-0.1, -0.05) is 31.0 Å². The molecule has 1 unspecified atom stereocenters. The van der Waals surface area contributed by atoms with Crippen LogP contribution in [0.3, 0.4) is 0 Å². The van der Waals surface area contributed by atoms with E-state index in [4.69, 9.17) is 5.73 Å². The average Bonchev–Trinajstić information content (AvgIpc) is 2.55. The Morgan fingerprint density at radius 3 is 2.31 bits per heavy atom. The third kappa shape index (κ3) is 5.42. The summed E-state index contributed by atoms with van der Waals surface area (Å²) in [6.07, 6.45) is 2.66. The molecule has 1 atom stereocenters. The van der Waals surface area contributed by atoms with Gasteiger partial charge in [0.2, 0.25) is 15.9 Å². The fourth-order valence-electron chi connectivity index (χ4n) is 3.08. The quantitative estimate of drug-likeness (QED) is 0.761. The van der Waals surface area contributed by atoms with Crippen molar-refractivity contribution in [2.75, 3.05) is 13.1 Å². The predicted molar refractivity (Wildman–Crippen MR) is 106 cm³/mol. The summed E-state index contributed by atoms with van der Waals surface area (Å²) in [6, 6.07) is 6.86. The summed E-state index contributed by atoms with van der Waals surface area (Å²) in [6.45, 7) is 6.45. The highest BCUT2D eigenvalue weighted by atomic mass is 35.5. The van der Waals surface area contributed by atoms with Gasteiger partial charge < -0.3 is 11.1 Å². The molecule has 26 heavy (non-hydrogen) atoms. The van der Waals surface area contributed by atoms with Crippen molar-refractivity contribution in [3.05, 3.63) is 29.8 Å². The SMILES string of the molecule is CCCC(C)(N)C(=O)NC1CCN(S(=O)(=O)c2ccc(C)cc2)CC1.Cl.